The molecule has 3 aromatic rings. The van der Waals surface area contributed by atoms with Crippen LogP contribution >= 0.6 is 11.6 Å². The number of carbonyl (C=O) groups excluding carboxylic acids is 1. The van der Waals surface area contributed by atoms with Gasteiger partial charge in [-0.1, -0.05) is 11.6 Å². The Morgan fingerprint density at radius 2 is 1.97 bits per heavy atom. The molecule has 7 nitrogen and oxygen atoms in total. The van der Waals surface area contributed by atoms with E-state index in [9.17, 15) is 9.90 Å². The van der Waals surface area contributed by atoms with Gasteiger partial charge >= 0.3 is 0 Å². The van der Waals surface area contributed by atoms with Crippen molar-refractivity contribution in [2.24, 2.45) is 0 Å². The molecule has 1 aliphatic rings. The first-order valence-electron chi connectivity index (χ1n) is 9.62. The zero-order chi connectivity index (χ0) is 21.5. The summed E-state index contributed by atoms with van der Waals surface area (Å²) in [5.41, 5.74) is 1.58. The number of benzene rings is 1. The molecule has 0 radical (unpaired) electrons. The van der Waals surface area contributed by atoms with E-state index < -0.39 is 5.60 Å². The molecule has 3 heterocycles. The number of halogens is 1. The topological polar surface area (TPSA) is 93.6 Å². The SMILES string of the molecule is CC(C)(O)c1cc2nccc(C(=O)N3CCN(c4cc(Cl)cc(C#N)c4)CC3)c2o1. The largest absolute Gasteiger partial charge is 0.455 e. The van der Waals surface area contributed by atoms with Crippen LogP contribution in [-0.2, 0) is 5.60 Å². The number of fused-ring (bicyclic) bond motifs is 1. The fourth-order valence-corrected chi connectivity index (χ4v) is 3.80. The molecular formula is C22H21ClN4O3. The molecule has 1 saturated heterocycles. The number of amides is 1. The maximum atomic E-state index is 13.2. The minimum absolute atomic E-state index is 0.137. The number of piperazine rings is 1. The lowest BCUT2D eigenvalue weighted by Gasteiger charge is -2.36. The Hall–Kier alpha value is -3.08. The van der Waals surface area contributed by atoms with E-state index in [2.05, 4.69) is 16.0 Å². The average Bonchev–Trinajstić information content (AvgIpc) is 3.18. The number of nitriles is 1. The number of carbonyl (C=O) groups is 1. The molecule has 1 amide bonds. The fraction of sp³-hybridized carbons (Fsp3) is 0.318. The van der Waals surface area contributed by atoms with E-state index in [0.717, 1.165) is 5.69 Å². The van der Waals surface area contributed by atoms with Crippen LogP contribution in [0.2, 0.25) is 5.02 Å². The number of rotatable bonds is 3. The second kappa shape index (κ2) is 7.63. The Balaban J connectivity index is 1.53. The molecule has 1 aliphatic heterocycles. The van der Waals surface area contributed by atoms with Crippen LogP contribution in [0.5, 0.6) is 0 Å². The zero-order valence-corrected chi connectivity index (χ0v) is 17.5. The van der Waals surface area contributed by atoms with Gasteiger partial charge in [0.2, 0.25) is 0 Å². The van der Waals surface area contributed by atoms with Crippen molar-refractivity contribution in [3.05, 3.63) is 58.4 Å². The lowest BCUT2D eigenvalue weighted by atomic mass is 10.1. The minimum Gasteiger partial charge on any atom is -0.455 e. The van der Waals surface area contributed by atoms with Crippen LogP contribution in [0.3, 0.4) is 0 Å². The number of aromatic nitrogens is 1. The molecule has 0 bridgehead atoms. The summed E-state index contributed by atoms with van der Waals surface area (Å²) in [7, 11) is 0. The van der Waals surface area contributed by atoms with Gasteiger partial charge in [0.05, 0.1) is 17.2 Å². The molecule has 0 spiro atoms. The Kier molecular flexibility index (Phi) is 5.14. The predicted octanol–water partition coefficient (Wildman–Crippen LogP) is 3.54. The van der Waals surface area contributed by atoms with Crippen LogP contribution in [0.4, 0.5) is 5.69 Å². The summed E-state index contributed by atoms with van der Waals surface area (Å²) in [6, 6.07) is 10.7. The summed E-state index contributed by atoms with van der Waals surface area (Å²) in [6.45, 7) is 5.54. The summed E-state index contributed by atoms with van der Waals surface area (Å²) >= 11 is 6.12. The number of aliphatic hydroxyl groups is 1. The number of anilines is 1. The molecule has 0 aliphatic carbocycles. The first-order chi connectivity index (χ1) is 14.3. The maximum absolute atomic E-state index is 13.2. The first-order valence-corrected chi connectivity index (χ1v) is 10.0. The van der Waals surface area contributed by atoms with Gasteiger partial charge in [0.15, 0.2) is 5.58 Å². The smallest absolute Gasteiger partial charge is 0.257 e. The van der Waals surface area contributed by atoms with Gasteiger partial charge < -0.3 is 19.3 Å². The standard InChI is InChI=1S/C22H21ClN4O3/c1-22(2,29)19-12-18-20(30-19)17(3-4-25-18)21(28)27-7-5-26(6-8-27)16-10-14(13-24)9-15(23)11-16/h3-4,9-12,29H,5-8H2,1-2H3. The molecule has 154 valence electrons. The quantitative estimate of drug-likeness (QED) is 0.691. The third-order valence-electron chi connectivity index (χ3n) is 5.19. The van der Waals surface area contributed by atoms with Gasteiger partial charge in [0.1, 0.15) is 16.9 Å². The molecule has 8 heteroatoms. The second-order valence-electron chi connectivity index (χ2n) is 7.83. The summed E-state index contributed by atoms with van der Waals surface area (Å²) in [4.78, 5) is 21.3. The molecule has 1 fully saturated rings. The van der Waals surface area contributed by atoms with Gasteiger partial charge in [0.25, 0.3) is 5.91 Å². The van der Waals surface area contributed by atoms with Crippen molar-refractivity contribution < 1.29 is 14.3 Å². The second-order valence-corrected chi connectivity index (χ2v) is 8.27. The van der Waals surface area contributed by atoms with Gasteiger partial charge in [0, 0.05) is 49.2 Å². The van der Waals surface area contributed by atoms with Gasteiger partial charge in [-0.3, -0.25) is 9.78 Å². The van der Waals surface area contributed by atoms with Crippen molar-refractivity contribution in [1.82, 2.24) is 9.88 Å². The van der Waals surface area contributed by atoms with Crippen molar-refractivity contribution in [3.8, 4) is 6.07 Å². The summed E-state index contributed by atoms with van der Waals surface area (Å²) < 4.78 is 5.79. The average molecular weight is 425 g/mol. The first kappa shape index (κ1) is 20.2. The van der Waals surface area contributed by atoms with Gasteiger partial charge in [-0.25, -0.2) is 0 Å². The summed E-state index contributed by atoms with van der Waals surface area (Å²) in [6.07, 6.45) is 1.57. The number of hydrogen-bond acceptors (Lipinski definition) is 6. The summed E-state index contributed by atoms with van der Waals surface area (Å²) in [5, 5.41) is 19.9. The van der Waals surface area contributed by atoms with E-state index in [1.54, 1.807) is 49.2 Å². The van der Waals surface area contributed by atoms with Crippen molar-refractivity contribution in [2.45, 2.75) is 19.4 Å². The molecule has 1 aromatic carbocycles. The monoisotopic (exact) mass is 424 g/mol. The van der Waals surface area contributed by atoms with Crippen LogP contribution in [0.1, 0.15) is 35.5 Å². The molecule has 0 saturated carbocycles. The molecule has 30 heavy (non-hydrogen) atoms. The van der Waals surface area contributed by atoms with Crippen molar-refractivity contribution in [1.29, 1.82) is 5.26 Å². The van der Waals surface area contributed by atoms with Gasteiger partial charge in [-0.2, -0.15) is 5.26 Å². The van der Waals surface area contributed by atoms with Crippen LogP contribution in [-0.4, -0.2) is 47.1 Å². The van der Waals surface area contributed by atoms with E-state index >= 15 is 0 Å². The van der Waals surface area contributed by atoms with Crippen molar-refractivity contribution in [3.63, 3.8) is 0 Å². The highest BCUT2D eigenvalue weighted by Gasteiger charge is 2.27. The minimum atomic E-state index is -1.16. The number of nitrogens with zero attached hydrogens (tertiary/aromatic N) is 4. The normalized spacial score (nSPS) is 14.8. The van der Waals surface area contributed by atoms with Gasteiger partial charge in [-0.05, 0) is 38.1 Å². The molecule has 4 rings (SSSR count). The summed E-state index contributed by atoms with van der Waals surface area (Å²) in [5.74, 6) is 0.229. The number of pyridine rings is 1. The van der Waals surface area contributed by atoms with Crippen molar-refractivity contribution >= 4 is 34.3 Å². The van der Waals surface area contributed by atoms with Crippen LogP contribution in [0, 0.1) is 11.3 Å². The highest BCUT2D eigenvalue weighted by atomic mass is 35.5. The molecule has 1 N–H and O–H groups in total. The van der Waals surface area contributed by atoms with E-state index in [-0.39, 0.29) is 5.91 Å². The Bertz CT molecular complexity index is 1150. The van der Waals surface area contributed by atoms with E-state index in [4.69, 9.17) is 21.3 Å². The third kappa shape index (κ3) is 3.84. The lowest BCUT2D eigenvalue weighted by Crippen LogP contribution is -2.48. The highest BCUT2D eigenvalue weighted by Crippen LogP contribution is 2.29. The Morgan fingerprint density at radius 1 is 1.23 bits per heavy atom. The number of hydrogen-bond donors (Lipinski definition) is 1. The molecule has 0 atom stereocenters. The predicted molar refractivity (Wildman–Crippen MR) is 114 cm³/mol. The highest BCUT2D eigenvalue weighted by molar-refractivity contribution is 6.31. The van der Waals surface area contributed by atoms with Crippen LogP contribution in [0.25, 0.3) is 11.1 Å². The lowest BCUT2D eigenvalue weighted by molar-refractivity contribution is 0.0555. The molecular weight excluding hydrogens is 404 g/mol. The van der Waals surface area contributed by atoms with E-state index in [1.807, 2.05) is 6.07 Å². The maximum Gasteiger partial charge on any atom is 0.257 e. The van der Waals surface area contributed by atoms with E-state index in [1.165, 1.54) is 0 Å². The Morgan fingerprint density at radius 3 is 2.63 bits per heavy atom. The van der Waals surface area contributed by atoms with Gasteiger partial charge in [-0.15, -0.1) is 0 Å². The number of furan rings is 1. The third-order valence-corrected chi connectivity index (χ3v) is 5.41. The zero-order valence-electron chi connectivity index (χ0n) is 16.7. The Labute approximate surface area is 179 Å². The molecule has 0 unspecified atom stereocenters. The van der Waals surface area contributed by atoms with E-state index in [0.29, 0.717) is 59.2 Å². The fourth-order valence-electron chi connectivity index (χ4n) is 3.57. The van der Waals surface area contributed by atoms with Crippen LogP contribution in [0.15, 0.2) is 40.9 Å². The molecule has 2 aromatic heterocycles. The van der Waals surface area contributed by atoms with Crippen molar-refractivity contribution in [2.75, 3.05) is 31.1 Å². The van der Waals surface area contributed by atoms with Crippen LogP contribution < -0.4 is 4.90 Å².